The lowest BCUT2D eigenvalue weighted by atomic mass is 10.4. The van der Waals surface area contributed by atoms with Crippen molar-refractivity contribution in [2.75, 3.05) is 7.05 Å². The zero-order valence-corrected chi connectivity index (χ0v) is 4.59. The Labute approximate surface area is 47.1 Å². The summed E-state index contributed by atoms with van der Waals surface area (Å²) in [5, 5.41) is 18.9. The van der Waals surface area contributed by atoms with Gasteiger partial charge in [-0.2, -0.15) is 0 Å². The van der Waals surface area contributed by atoms with Crippen LogP contribution < -0.4 is 5.32 Å². The number of carboxylic acids is 1. The highest BCUT2D eigenvalue weighted by Gasteiger charge is 2.03. The second-order valence-corrected chi connectivity index (χ2v) is 1.40. The highest BCUT2D eigenvalue weighted by atomic mass is 16.4. The van der Waals surface area contributed by atoms with Gasteiger partial charge >= 0.3 is 5.97 Å². The van der Waals surface area contributed by atoms with Crippen LogP contribution in [-0.4, -0.2) is 29.5 Å². The summed E-state index contributed by atoms with van der Waals surface area (Å²) < 4.78 is 0. The fourth-order valence-corrected chi connectivity index (χ4v) is 0.267. The third-order valence-electron chi connectivity index (χ3n) is 0.701. The predicted octanol–water partition coefficient (Wildman–Crippen LogP) is -1.00. The van der Waals surface area contributed by atoms with Gasteiger partial charge < -0.3 is 10.2 Å². The minimum Gasteiger partial charge on any atom is -0.481 e. The molecule has 0 aromatic carbocycles. The van der Waals surface area contributed by atoms with Gasteiger partial charge in [0.1, 0.15) is 6.23 Å². The van der Waals surface area contributed by atoms with Gasteiger partial charge in [0.15, 0.2) is 0 Å². The molecule has 0 bridgehead atoms. The second-order valence-electron chi connectivity index (χ2n) is 1.40. The van der Waals surface area contributed by atoms with Crippen LogP contribution in [0.4, 0.5) is 0 Å². The van der Waals surface area contributed by atoms with Crippen LogP contribution >= 0.6 is 0 Å². The van der Waals surface area contributed by atoms with Gasteiger partial charge in [0.05, 0.1) is 6.42 Å². The summed E-state index contributed by atoms with van der Waals surface area (Å²) in [5.41, 5.74) is 0. The van der Waals surface area contributed by atoms with E-state index in [1.165, 1.54) is 7.05 Å². The van der Waals surface area contributed by atoms with Crippen LogP contribution in [0, 0.1) is 0 Å². The molecule has 4 nitrogen and oxygen atoms in total. The van der Waals surface area contributed by atoms with Gasteiger partial charge in [0, 0.05) is 0 Å². The maximum atomic E-state index is 9.77. The second kappa shape index (κ2) is 3.40. The monoisotopic (exact) mass is 119 g/mol. The molecule has 0 aliphatic heterocycles. The quantitative estimate of drug-likeness (QED) is 0.417. The summed E-state index contributed by atoms with van der Waals surface area (Å²) in [5.74, 6) is -1.01. The number of rotatable bonds is 3. The molecule has 0 rings (SSSR count). The topological polar surface area (TPSA) is 69.6 Å². The number of aliphatic hydroxyl groups is 1. The first-order chi connectivity index (χ1) is 3.66. The van der Waals surface area contributed by atoms with Gasteiger partial charge in [-0.05, 0) is 7.05 Å². The Bertz CT molecular complexity index is 83.4. The summed E-state index contributed by atoms with van der Waals surface area (Å²) in [6, 6.07) is 0. The lowest BCUT2D eigenvalue weighted by molar-refractivity contribution is -0.139. The fraction of sp³-hybridized carbons (Fsp3) is 0.750. The minimum absolute atomic E-state index is 0.253. The maximum absolute atomic E-state index is 9.77. The molecule has 0 amide bonds. The Morgan fingerprint density at radius 1 is 1.88 bits per heavy atom. The zero-order valence-electron chi connectivity index (χ0n) is 4.59. The molecule has 0 radical (unpaired) electrons. The molecule has 0 saturated heterocycles. The van der Waals surface area contributed by atoms with Crippen LogP contribution in [0.2, 0.25) is 0 Å². The third kappa shape index (κ3) is 3.58. The van der Waals surface area contributed by atoms with Crippen LogP contribution in [0.1, 0.15) is 6.42 Å². The van der Waals surface area contributed by atoms with E-state index in [0.29, 0.717) is 0 Å². The van der Waals surface area contributed by atoms with E-state index in [9.17, 15) is 4.79 Å². The van der Waals surface area contributed by atoms with E-state index in [4.69, 9.17) is 10.2 Å². The summed E-state index contributed by atoms with van der Waals surface area (Å²) in [7, 11) is 1.49. The molecule has 0 aliphatic carbocycles. The number of nitrogens with one attached hydrogen (secondary N) is 1. The van der Waals surface area contributed by atoms with Gasteiger partial charge in [0.2, 0.25) is 0 Å². The molecule has 0 aromatic heterocycles. The van der Waals surface area contributed by atoms with E-state index in [1.807, 2.05) is 0 Å². The first kappa shape index (κ1) is 7.39. The Morgan fingerprint density at radius 2 is 2.38 bits per heavy atom. The number of aliphatic carboxylic acids is 1. The van der Waals surface area contributed by atoms with Crippen molar-refractivity contribution < 1.29 is 15.0 Å². The summed E-state index contributed by atoms with van der Waals surface area (Å²) >= 11 is 0. The maximum Gasteiger partial charge on any atom is 0.307 e. The molecule has 0 heterocycles. The molecule has 0 fully saturated rings. The van der Waals surface area contributed by atoms with E-state index in [-0.39, 0.29) is 6.42 Å². The van der Waals surface area contributed by atoms with Crippen molar-refractivity contribution in [3.63, 3.8) is 0 Å². The lowest BCUT2D eigenvalue weighted by Gasteiger charge is -2.02. The summed E-state index contributed by atoms with van der Waals surface area (Å²) in [4.78, 5) is 9.77. The Hall–Kier alpha value is -0.610. The highest BCUT2D eigenvalue weighted by Crippen LogP contribution is 1.82. The average molecular weight is 119 g/mol. The van der Waals surface area contributed by atoms with Crippen LogP contribution in [-0.2, 0) is 4.79 Å². The van der Waals surface area contributed by atoms with Gasteiger partial charge in [-0.1, -0.05) is 0 Å². The Morgan fingerprint density at radius 3 is 2.50 bits per heavy atom. The van der Waals surface area contributed by atoms with E-state index >= 15 is 0 Å². The smallest absolute Gasteiger partial charge is 0.307 e. The van der Waals surface area contributed by atoms with Crippen molar-refractivity contribution in [2.24, 2.45) is 0 Å². The SMILES string of the molecule is CNC(O)CC(=O)O. The van der Waals surface area contributed by atoms with Crippen molar-refractivity contribution in [1.29, 1.82) is 0 Å². The van der Waals surface area contributed by atoms with Crippen molar-refractivity contribution in [3.8, 4) is 0 Å². The van der Waals surface area contributed by atoms with Gasteiger partial charge in [0.25, 0.3) is 0 Å². The molecule has 0 aliphatic rings. The summed E-state index contributed by atoms with van der Waals surface area (Å²) in [6.45, 7) is 0. The Balaban J connectivity index is 3.24. The number of hydrogen-bond donors (Lipinski definition) is 3. The Kier molecular flexibility index (Phi) is 3.14. The number of carbonyl (C=O) groups is 1. The molecule has 0 spiro atoms. The van der Waals surface area contributed by atoms with E-state index in [2.05, 4.69) is 5.32 Å². The van der Waals surface area contributed by atoms with Crippen molar-refractivity contribution in [3.05, 3.63) is 0 Å². The largest absolute Gasteiger partial charge is 0.481 e. The molecule has 0 saturated carbocycles. The van der Waals surface area contributed by atoms with Gasteiger partial charge in [-0.25, -0.2) is 0 Å². The molecule has 1 unspecified atom stereocenters. The first-order valence-corrected chi connectivity index (χ1v) is 2.24. The molecule has 8 heavy (non-hydrogen) atoms. The molecular weight excluding hydrogens is 110 g/mol. The molecule has 1 atom stereocenters. The van der Waals surface area contributed by atoms with E-state index in [0.717, 1.165) is 0 Å². The van der Waals surface area contributed by atoms with Crippen LogP contribution in [0.3, 0.4) is 0 Å². The van der Waals surface area contributed by atoms with Gasteiger partial charge in [-0.15, -0.1) is 0 Å². The number of carboxylic acid groups (broad SMARTS) is 1. The van der Waals surface area contributed by atoms with E-state index < -0.39 is 12.2 Å². The predicted molar refractivity (Wildman–Crippen MR) is 27.3 cm³/mol. The van der Waals surface area contributed by atoms with Crippen LogP contribution in [0.5, 0.6) is 0 Å². The number of hydrogen-bond acceptors (Lipinski definition) is 3. The van der Waals surface area contributed by atoms with Crippen LogP contribution in [0.15, 0.2) is 0 Å². The van der Waals surface area contributed by atoms with Crippen molar-refractivity contribution in [2.45, 2.75) is 12.6 Å². The van der Waals surface area contributed by atoms with Crippen molar-refractivity contribution in [1.82, 2.24) is 5.32 Å². The molecule has 0 aromatic rings. The number of aliphatic hydroxyl groups excluding tert-OH is 1. The van der Waals surface area contributed by atoms with E-state index in [1.54, 1.807) is 0 Å². The molecule has 4 heteroatoms. The fourth-order valence-electron chi connectivity index (χ4n) is 0.267. The molecule has 48 valence electrons. The zero-order chi connectivity index (χ0) is 6.57. The molecular formula is C4H9NO3. The molecule has 3 N–H and O–H groups in total. The van der Waals surface area contributed by atoms with Gasteiger partial charge in [-0.3, -0.25) is 10.1 Å². The van der Waals surface area contributed by atoms with Crippen molar-refractivity contribution >= 4 is 5.97 Å². The third-order valence-corrected chi connectivity index (χ3v) is 0.701. The standard InChI is InChI=1S/C4H9NO3/c1-5-3(6)2-4(7)8/h3,5-6H,2H2,1H3,(H,7,8). The highest BCUT2D eigenvalue weighted by molar-refractivity contribution is 5.67. The summed E-state index contributed by atoms with van der Waals surface area (Å²) in [6.07, 6.45) is -1.18. The lowest BCUT2D eigenvalue weighted by Crippen LogP contribution is -2.27. The normalized spacial score (nSPS) is 13.2. The average Bonchev–Trinajstić information content (AvgIpc) is 1.65. The first-order valence-electron chi connectivity index (χ1n) is 2.24. The van der Waals surface area contributed by atoms with Crippen LogP contribution in [0.25, 0.3) is 0 Å². The minimum atomic E-state index is -1.01.